The van der Waals surface area contributed by atoms with Crippen LogP contribution in [-0.2, 0) is 16.1 Å². The molecule has 8 nitrogen and oxygen atoms in total. The largest absolute Gasteiger partial charge is 0.483 e. The zero-order valence-electron chi connectivity index (χ0n) is 17.7. The van der Waals surface area contributed by atoms with Gasteiger partial charge in [0.15, 0.2) is 0 Å². The van der Waals surface area contributed by atoms with Crippen LogP contribution in [-0.4, -0.2) is 67.3 Å². The molecule has 8 heteroatoms. The maximum absolute atomic E-state index is 12.6. The van der Waals surface area contributed by atoms with Crippen molar-refractivity contribution in [1.82, 2.24) is 10.2 Å². The van der Waals surface area contributed by atoms with E-state index in [0.717, 1.165) is 30.6 Å². The van der Waals surface area contributed by atoms with Crippen LogP contribution in [0.2, 0.25) is 0 Å². The standard InChI is InChI=1S/C22H26N2O4.CH2O2/c1-24-9-8-15(13-24)12-23-21(26)17-5-3-4-16(10-17)20-7-6-18(22(27)28-2)11-19(20)14-25;2-1-3/h3-7,10-11,15,25H,8-9,12-14H2,1-2H3,(H,23,26);1H,(H,2,3). The lowest BCUT2D eigenvalue weighted by Gasteiger charge is -2.13. The number of benzene rings is 2. The SMILES string of the molecule is COC(=O)c1ccc(-c2cccc(C(=O)NCC3CCN(C)C3)c2)c(CO)c1.O=CO. The lowest BCUT2D eigenvalue weighted by Crippen LogP contribution is -2.30. The Kier molecular flexibility index (Phi) is 9.17. The van der Waals surface area contributed by atoms with Gasteiger partial charge in [0.2, 0.25) is 0 Å². The molecule has 2 aromatic carbocycles. The summed E-state index contributed by atoms with van der Waals surface area (Å²) in [6, 6.07) is 12.3. The molecule has 0 aromatic heterocycles. The number of esters is 1. The molecule has 3 rings (SSSR count). The second-order valence-corrected chi connectivity index (χ2v) is 7.33. The molecular weight excluding hydrogens is 400 g/mol. The van der Waals surface area contributed by atoms with Crippen molar-refractivity contribution >= 4 is 18.3 Å². The highest BCUT2D eigenvalue weighted by molar-refractivity contribution is 5.96. The van der Waals surface area contributed by atoms with E-state index in [9.17, 15) is 14.7 Å². The Morgan fingerprint density at radius 2 is 1.97 bits per heavy atom. The van der Waals surface area contributed by atoms with Crippen molar-refractivity contribution in [3.8, 4) is 11.1 Å². The summed E-state index contributed by atoms with van der Waals surface area (Å²) in [6.45, 7) is 2.28. The number of amides is 1. The Balaban J connectivity index is 0.00000107. The van der Waals surface area contributed by atoms with Crippen LogP contribution < -0.4 is 5.32 Å². The van der Waals surface area contributed by atoms with Gasteiger partial charge in [-0.1, -0.05) is 18.2 Å². The number of carbonyl (C=O) groups excluding carboxylic acids is 2. The van der Waals surface area contributed by atoms with E-state index in [4.69, 9.17) is 14.6 Å². The maximum atomic E-state index is 12.6. The highest BCUT2D eigenvalue weighted by Gasteiger charge is 2.20. The van der Waals surface area contributed by atoms with Gasteiger partial charge in [-0.05, 0) is 66.9 Å². The van der Waals surface area contributed by atoms with Crippen molar-refractivity contribution in [1.29, 1.82) is 0 Å². The molecule has 1 heterocycles. The van der Waals surface area contributed by atoms with E-state index >= 15 is 0 Å². The number of aliphatic hydroxyl groups is 1. The molecular formula is C23H28N2O6. The maximum Gasteiger partial charge on any atom is 0.337 e. The van der Waals surface area contributed by atoms with Gasteiger partial charge in [-0.2, -0.15) is 0 Å². The molecule has 0 radical (unpaired) electrons. The number of carbonyl (C=O) groups is 3. The molecule has 3 N–H and O–H groups in total. The highest BCUT2D eigenvalue weighted by Crippen LogP contribution is 2.26. The zero-order valence-corrected chi connectivity index (χ0v) is 17.7. The monoisotopic (exact) mass is 428 g/mol. The Morgan fingerprint density at radius 3 is 2.58 bits per heavy atom. The van der Waals surface area contributed by atoms with Crippen LogP contribution in [0.25, 0.3) is 11.1 Å². The number of methoxy groups -OCH3 is 1. The van der Waals surface area contributed by atoms with Crippen molar-refractivity contribution in [3.63, 3.8) is 0 Å². The molecule has 1 saturated heterocycles. The van der Waals surface area contributed by atoms with Gasteiger partial charge < -0.3 is 25.2 Å². The summed E-state index contributed by atoms with van der Waals surface area (Å²) in [4.78, 5) is 34.9. The number of aliphatic hydroxyl groups excluding tert-OH is 1. The Labute approximate surface area is 181 Å². The van der Waals surface area contributed by atoms with Crippen LogP contribution in [0, 0.1) is 5.92 Å². The molecule has 2 aromatic rings. The van der Waals surface area contributed by atoms with Crippen LogP contribution in [0.1, 0.15) is 32.7 Å². The summed E-state index contributed by atoms with van der Waals surface area (Å²) in [7, 11) is 3.41. The molecule has 0 aliphatic carbocycles. The van der Waals surface area contributed by atoms with Gasteiger partial charge in [0.25, 0.3) is 12.4 Å². The molecule has 1 fully saturated rings. The van der Waals surface area contributed by atoms with Gasteiger partial charge in [0.1, 0.15) is 0 Å². The molecule has 1 aliphatic heterocycles. The summed E-state index contributed by atoms with van der Waals surface area (Å²) < 4.78 is 4.73. The first-order chi connectivity index (χ1) is 14.9. The van der Waals surface area contributed by atoms with Crippen molar-refractivity contribution in [3.05, 3.63) is 59.2 Å². The predicted molar refractivity (Wildman–Crippen MR) is 116 cm³/mol. The third-order valence-corrected chi connectivity index (χ3v) is 5.17. The molecule has 166 valence electrons. The van der Waals surface area contributed by atoms with Gasteiger partial charge in [0, 0.05) is 18.7 Å². The quantitative estimate of drug-likeness (QED) is 0.476. The second-order valence-electron chi connectivity index (χ2n) is 7.33. The predicted octanol–water partition coefficient (Wildman–Crippen LogP) is 2.01. The Morgan fingerprint density at radius 1 is 1.23 bits per heavy atom. The van der Waals surface area contributed by atoms with E-state index in [-0.39, 0.29) is 19.0 Å². The molecule has 1 aliphatic rings. The molecule has 1 atom stereocenters. The van der Waals surface area contributed by atoms with Gasteiger partial charge in [0.05, 0.1) is 19.3 Å². The number of hydrogen-bond acceptors (Lipinski definition) is 6. The summed E-state index contributed by atoms with van der Waals surface area (Å²) in [5, 5.41) is 19.6. The van der Waals surface area contributed by atoms with E-state index in [1.54, 1.807) is 24.3 Å². The van der Waals surface area contributed by atoms with Crippen molar-refractivity contribution in [2.24, 2.45) is 5.92 Å². The summed E-state index contributed by atoms with van der Waals surface area (Å²) >= 11 is 0. The van der Waals surface area contributed by atoms with Gasteiger partial charge >= 0.3 is 5.97 Å². The number of nitrogens with zero attached hydrogens (tertiary/aromatic N) is 1. The van der Waals surface area contributed by atoms with E-state index in [1.165, 1.54) is 7.11 Å². The van der Waals surface area contributed by atoms with Crippen LogP contribution in [0.15, 0.2) is 42.5 Å². The molecule has 0 bridgehead atoms. The molecule has 31 heavy (non-hydrogen) atoms. The minimum atomic E-state index is -0.452. The first-order valence-electron chi connectivity index (χ1n) is 9.90. The minimum absolute atomic E-state index is 0.104. The normalized spacial score (nSPS) is 15.5. The number of carboxylic acid groups (broad SMARTS) is 1. The first kappa shape index (κ1) is 24.0. The minimum Gasteiger partial charge on any atom is -0.483 e. The molecule has 1 amide bonds. The zero-order chi connectivity index (χ0) is 22.8. The van der Waals surface area contributed by atoms with E-state index in [0.29, 0.717) is 29.2 Å². The fraction of sp³-hybridized carbons (Fsp3) is 0.348. The number of hydrogen-bond donors (Lipinski definition) is 3. The Hall–Kier alpha value is -3.23. The fourth-order valence-electron chi connectivity index (χ4n) is 3.61. The Bertz CT molecular complexity index is 915. The second kappa shape index (κ2) is 11.8. The van der Waals surface area contributed by atoms with Crippen LogP contribution in [0.3, 0.4) is 0 Å². The molecule has 0 saturated carbocycles. The highest BCUT2D eigenvalue weighted by atomic mass is 16.5. The van der Waals surface area contributed by atoms with Crippen LogP contribution in [0.4, 0.5) is 0 Å². The van der Waals surface area contributed by atoms with Gasteiger partial charge in [-0.15, -0.1) is 0 Å². The summed E-state index contributed by atoms with van der Waals surface area (Å²) in [5.74, 6) is -0.0657. The third kappa shape index (κ3) is 6.63. The summed E-state index contributed by atoms with van der Waals surface area (Å²) in [5.41, 5.74) is 3.15. The molecule has 0 spiro atoms. The number of ether oxygens (including phenoxy) is 1. The fourth-order valence-corrected chi connectivity index (χ4v) is 3.61. The third-order valence-electron chi connectivity index (χ3n) is 5.17. The van der Waals surface area contributed by atoms with Gasteiger partial charge in [-0.25, -0.2) is 4.79 Å². The molecule has 1 unspecified atom stereocenters. The summed E-state index contributed by atoms with van der Waals surface area (Å²) in [6.07, 6.45) is 1.10. The van der Waals surface area contributed by atoms with E-state index in [2.05, 4.69) is 17.3 Å². The van der Waals surface area contributed by atoms with E-state index in [1.807, 2.05) is 18.2 Å². The number of rotatable bonds is 6. The number of nitrogens with one attached hydrogen (secondary N) is 1. The number of likely N-dealkylation sites (tertiary alicyclic amines) is 1. The van der Waals surface area contributed by atoms with Gasteiger partial charge in [-0.3, -0.25) is 9.59 Å². The van der Waals surface area contributed by atoms with Crippen molar-refractivity contribution in [2.75, 3.05) is 33.8 Å². The topological polar surface area (TPSA) is 116 Å². The lowest BCUT2D eigenvalue weighted by atomic mass is 9.96. The average Bonchev–Trinajstić information content (AvgIpc) is 3.22. The van der Waals surface area contributed by atoms with E-state index < -0.39 is 5.97 Å². The van der Waals surface area contributed by atoms with Crippen molar-refractivity contribution < 1.29 is 29.3 Å². The van der Waals surface area contributed by atoms with Crippen LogP contribution in [0.5, 0.6) is 0 Å². The smallest absolute Gasteiger partial charge is 0.337 e. The van der Waals surface area contributed by atoms with Crippen molar-refractivity contribution in [2.45, 2.75) is 13.0 Å². The van der Waals surface area contributed by atoms with Crippen LogP contribution >= 0.6 is 0 Å². The lowest BCUT2D eigenvalue weighted by molar-refractivity contribution is -0.122. The first-order valence-corrected chi connectivity index (χ1v) is 9.90. The average molecular weight is 428 g/mol.